The summed E-state index contributed by atoms with van der Waals surface area (Å²) in [5.74, 6) is -0.218. The summed E-state index contributed by atoms with van der Waals surface area (Å²) in [6.45, 7) is 5.53. The second-order valence-electron chi connectivity index (χ2n) is 6.00. The molecule has 0 aromatic heterocycles. The van der Waals surface area contributed by atoms with Crippen LogP contribution in [0, 0.1) is 20.8 Å². The molecule has 7 heteroatoms. The Morgan fingerprint density at radius 2 is 1.76 bits per heavy atom. The molecule has 0 radical (unpaired) electrons. The molecule has 0 atom stereocenters. The van der Waals surface area contributed by atoms with Crippen LogP contribution in [-0.4, -0.2) is 27.1 Å². The molecule has 0 heterocycles. The molecule has 0 fully saturated rings. The Morgan fingerprint density at radius 3 is 2.36 bits per heavy atom. The van der Waals surface area contributed by atoms with Crippen LogP contribution in [0.25, 0.3) is 0 Å². The van der Waals surface area contributed by atoms with Gasteiger partial charge in [-0.05, 0) is 61.7 Å². The van der Waals surface area contributed by atoms with Crippen molar-refractivity contribution in [1.82, 2.24) is 0 Å². The Labute approximate surface area is 153 Å². The number of rotatable bonds is 5. The topological polar surface area (TPSA) is 75.3 Å². The van der Waals surface area contributed by atoms with Gasteiger partial charge in [-0.25, -0.2) is 8.42 Å². The first-order valence-corrected chi connectivity index (χ1v) is 9.96. The van der Waals surface area contributed by atoms with E-state index in [2.05, 4.69) is 10.6 Å². The number of sulfone groups is 1. The molecule has 1 amide bonds. The summed E-state index contributed by atoms with van der Waals surface area (Å²) in [6, 6.07) is 8.55. The molecule has 0 aliphatic heterocycles. The predicted molar refractivity (Wildman–Crippen MR) is 102 cm³/mol. The SMILES string of the molecule is Cc1ccc(NC(=O)CNc2ccc(S(C)(=O)=O)c(C)c2C)cc1Cl. The highest BCUT2D eigenvalue weighted by Gasteiger charge is 2.14. The minimum Gasteiger partial charge on any atom is -0.376 e. The molecule has 0 spiro atoms. The van der Waals surface area contributed by atoms with Crippen LogP contribution >= 0.6 is 11.6 Å². The van der Waals surface area contributed by atoms with E-state index in [9.17, 15) is 13.2 Å². The van der Waals surface area contributed by atoms with Crippen molar-refractivity contribution in [3.8, 4) is 0 Å². The minimum absolute atomic E-state index is 0.0595. The minimum atomic E-state index is -3.27. The zero-order valence-electron chi connectivity index (χ0n) is 14.6. The highest BCUT2D eigenvalue weighted by Crippen LogP contribution is 2.25. The quantitative estimate of drug-likeness (QED) is 0.828. The van der Waals surface area contributed by atoms with Gasteiger partial charge in [-0.3, -0.25) is 4.79 Å². The van der Waals surface area contributed by atoms with Crippen LogP contribution in [-0.2, 0) is 14.6 Å². The van der Waals surface area contributed by atoms with Crippen molar-refractivity contribution >= 4 is 38.7 Å². The second kappa shape index (κ2) is 7.45. The van der Waals surface area contributed by atoms with Gasteiger partial charge >= 0.3 is 0 Å². The fourth-order valence-electron chi connectivity index (χ4n) is 2.44. The maximum absolute atomic E-state index is 12.1. The second-order valence-corrected chi connectivity index (χ2v) is 8.39. The van der Waals surface area contributed by atoms with Crippen LogP contribution in [0.2, 0.25) is 5.02 Å². The van der Waals surface area contributed by atoms with E-state index in [1.54, 1.807) is 31.2 Å². The van der Waals surface area contributed by atoms with Gasteiger partial charge in [0, 0.05) is 22.7 Å². The van der Waals surface area contributed by atoms with E-state index in [0.717, 1.165) is 16.8 Å². The number of carbonyl (C=O) groups excluding carboxylic acids is 1. The first-order valence-electron chi connectivity index (χ1n) is 7.69. The van der Waals surface area contributed by atoms with E-state index >= 15 is 0 Å². The zero-order chi connectivity index (χ0) is 18.8. The van der Waals surface area contributed by atoms with Gasteiger partial charge in [0.05, 0.1) is 11.4 Å². The monoisotopic (exact) mass is 380 g/mol. The van der Waals surface area contributed by atoms with Gasteiger partial charge in [-0.15, -0.1) is 0 Å². The molecule has 0 saturated carbocycles. The number of carbonyl (C=O) groups is 1. The predicted octanol–water partition coefficient (Wildman–Crippen LogP) is 3.72. The van der Waals surface area contributed by atoms with Gasteiger partial charge in [0.2, 0.25) is 5.91 Å². The molecule has 25 heavy (non-hydrogen) atoms. The third-order valence-electron chi connectivity index (χ3n) is 4.03. The lowest BCUT2D eigenvalue weighted by Gasteiger charge is -2.14. The summed E-state index contributed by atoms with van der Waals surface area (Å²) in [7, 11) is -3.27. The smallest absolute Gasteiger partial charge is 0.243 e. The summed E-state index contributed by atoms with van der Waals surface area (Å²) < 4.78 is 23.5. The van der Waals surface area contributed by atoms with Gasteiger partial charge in [0.25, 0.3) is 0 Å². The highest BCUT2D eigenvalue weighted by molar-refractivity contribution is 7.90. The summed E-state index contributed by atoms with van der Waals surface area (Å²) in [6.07, 6.45) is 1.18. The van der Waals surface area contributed by atoms with E-state index in [4.69, 9.17) is 11.6 Å². The van der Waals surface area contributed by atoms with Gasteiger partial charge in [0.1, 0.15) is 0 Å². The molecular formula is C18H21ClN2O3S. The van der Waals surface area contributed by atoms with E-state index in [-0.39, 0.29) is 12.5 Å². The third kappa shape index (κ3) is 4.74. The number of benzene rings is 2. The van der Waals surface area contributed by atoms with E-state index in [0.29, 0.717) is 21.2 Å². The zero-order valence-corrected chi connectivity index (χ0v) is 16.2. The first kappa shape index (κ1) is 19.3. The molecule has 0 saturated heterocycles. The molecule has 0 aliphatic rings. The van der Waals surface area contributed by atoms with Gasteiger partial charge in [0.15, 0.2) is 9.84 Å². The standard InChI is InChI=1S/C18H21ClN2O3S/c1-11-5-6-14(9-15(11)19)21-18(22)10-20-16-7-8-17(25(4,23)24)13(3)12(16)2/h5-9,20H,10H2,1-4H3,(H,21,22). The fourth-order valence-corrected chi connectivity index (χ4v) is 3.65. The molecule has 2 rings (SSSR count). The summed E-state index contributed by atoms with van der Waals surface area (Å²) >= 11 is 6.04. The number of amides is 1. The Bertz CT molecular complexity index is 924. The Kier molecular flexibility index (Phi) is 5.75. The van der Waals surface area contributed by atoms with Crippen molar-refractivity contribution in [3.05, 3.63) is 52.0 Å². The van der Waals surface area contributed by atoms with Gasteiger partial charge < -0.3 is 10.6 Å². The highest BCUT2D eigenvalue weighted by atomic mass is 35.5. The lowest BCUT2D eigenvalue weighted by Crippen LogP contribution is -2.22. The lowest BCUT2D eigenvalue weighted by atomic mass is 10.1. The normalized spacial score (nSPS) is 11.2. The van der Waals surface area contributed by atoms with Crippen molar-refractivity contribution in [3.63, 3.8) is 0 Å². The largest absolute Gasteiger partial charge is 0.376 e. The first-order chi connectivity index (χ1) is 11.6. The van der Waals surface area contributed by atoms with E-state index in [1.165, 1.54) is 6.26 Å². The summed E-state index contributed by atoms with van der Waals surface area (Å²) in [4.78, 5) is 12.4. The molecule has 5 nitrogen and oxygen atoms in total. The number of aryl methyl sites for hydroxylation is 1. The van der Waals surface area contributed by atoms with E-state index in [1.807, 2.05) is 19.9 Å². The molecule has 2 aromatic rings. The van der Waals surface area contributed by atoms with Crippen LogP contribution in [0.1, 0.15) is 16.7 Å². The number of halogens is 1. The van der Waals surface area contributed by atoms with Gasteiger partial charge in [-0.1, -0.05) is 17.7 Å². The molecule has 0 bridgehead atoms. The molecule has 134 valence electrons. The van der Waals surface area contributed by atoms with Crippen molar-refractivity contribution < 1.29 is 13.2 Å². The third-order valence-corrected chi connectivity index (χ3v) is 5.68. The molecule has 0 unspecified atom stereocenters. The molecule has 2 N–H and O–H groups in total. The van der Waals surface area contributed by atoms with Gasteiger partial charge in [-0.2, -0.15) is 0 Å². The average molecular weight is 381 g/mol. The number of hydrogen-bond acceptors (Lipinski definition) is 4. The van der Waals surface area contributed by atoms with Crippen molar-refractivity contribution in [2.45, 2.75) is 25.7 Å². The summed E-state index contributed by atoms with van der Waals surface area (Å²) in [5.41, 5.74) is 3.77. The van der Waals surface area contributed by atoms with Crippen molar-refractivity contribution in [2.24, 2.45) is 0 Å². The Balaban J connectivity index is 2.07. The molecule has 0 aliphatic carbocycles. The number of nitrogens with one attached hydrogen (secondary N) is 2. The van der Waals surface area contributed by atoms with Crippen LogP contribution in [0.4, 0.5) is 11.4 Å². The van der Waals surface area contributed by atoms with Crippen LogP contribution in [0.3, 0.4) is 0 Å². The fraction of sp³-hybridized carbons (Fsp3) is 0.278. The van der Waals surface area contributed by atoms with Crippen molar-refractivity contribution in [1.29, 1.82) is 0 Å². The van der Waals surface area contributed by atoms with Crippen molar-refractivity contribution in [2.75, 3.05) is 23.4 Å². The molecular weight excluding hydrogens is 360 g/mol. The van der Waals surface area contributed by atoms with E-state index < -0.39 is 9.84 Å². The van der Waals surface area contributed by atoms with Crippen LogP contribution < -0.4 is 10.6 Å². The Morgan fingerprint density at radius 1 is 1.08 bits per heavy atom. The van der Waals surface area contributed by atoms with Crippen LogP contribution in [0.5, 0.6) is 0 Å². The molecule has 2 aromatic carbocycles. The maximum Gasteiger partial charge on any atom is 0.243 e. The lowest BCUT2D eigenvalue weighted by molar-refractivity contribution is -0.114. The average Bonchev–Trinajstić information content (AvgIpc) is 2.51. The Hall–Kier alpha value is -2.05. The number of anilines is 2. The summed E-state index contributed by atoms with van der Waals surface area (Å²) in [5, 5.41) is 6.40. The maximum atomic E-state index is 12.1. The van der Waals surface area contributed by atoms with Crippen LogP contribution in [0.15, 0.2) is 35.2 Å². The number of hydrogen-bond donors (Lipinski definition) is 2.